The third-order valence-electron chi connectivity index (χ3n) is 6.25. The Bertz CT molecular complexity index is 1030. The lowest BCUT2D eigenvalue weighted by molar-refractivity contribution is -0.0700. The second-order valence-electron chi connectivity index (χ2n) is 8.67. The summed E-state index contributed by atoms with van der Waals surface area (Å²) < 4.78 is 68.7. The number of hydrogen-bond donors (Lipinski definition) is 0. The highest BCUT2D eigenvalue weighted by Crippen LogP contribution is 2.49. The minimum absolute atomic E-state index is 0.0417. The normalized spacial score (nSPS) is 25.0. The minimum Gasteiger partial charge on any atom is -0.443 e. The topological polar surface area (TPSA) is 126 Å². The van der Waals surface area contributed by atoms with Crippen LogP contribution in [0.5, 0.6) is 0 Å². The van der Waals surface area contributed by atoms with Crippen LogP contribution in [0.1, 0.15) is 24.8 Å². The maximum atomic E-state index is 13.2. The van der Waals surface area contributed by atoms with Gasteiger partial charge in [-0.1, -0.05) is 36.8 Å². The van der Waals surface area contributed by atoms with Gasteiger partial charge in [0.2, 0.25) is 0 Å². The van der Waals surface area contributed by atoms with Crippen molar-refractivity contribution in [2.45, 2.75) is 37.5 Å². The van der Waals surface area contributed by atoms with E-state index in [-0.39, 0.29) is 32.3 Å². The largest absolute Gasteiger partial charge is 0.443 e. The molecule has 3 atom stereocenters. The molecule has 1 aromatic rings. The van der Waals surface area contributed by atoms with Crippen molar-refractivity contribution in [2.24, 2.45) is 11.8 Å². The van der Waals surface area contributed by atoms with Gasteiger partial charge in [0.1, 0.15) is 11.6 Å². The summed E-state index contributed by atoms with van der Waals surface area (Å²) in [5, 5.41) is 0. The van der Waals surface area contributed by atoms with Crippen LogP contribution >= 0.6 is 0 Å². The fourth-order valence-corrected chi connectivity index (χ4v) is 5.39. The first-order valence-electron chi connectivity index (χ1n) is 10.7. The average molecular weight is 506 g/mol. The van der Waals surface area contributed by atoms with E-state index in [1.54, 1.807) is 0 Å². The lowest BCUT2D eigenvalue weighted by atomic mass is 9.65. The van der Waals surface area contributed by atoms with Crippen LogP contribution in [0.3, 0.4) is 0 Å². The van der Waals surface area contributed by atoms with Gasteiger partial charge >= 0.3 is 6.09 Å². The molecule has 2 aliphatic rings. The lowest BCUT2D eigenvalue weighted by Crippen LogP contribution is -2.63. The Hall–Kier alpha value is -1.73. The highest BCUT2D eigenvalue weighted by Gasteiger charge is 2.63. The third kappa shape index (κ3) is 6.24. The highest BCUT2D eigenvalue weighted by molar-refractivity contribution is 7.86. The Morgan fingerprint density at radius 1 is 1.06 bits per heavy atom. The molecule has 3 rings (SSSR count). The number of amides is 1. The fraction of sp³-hybridized carbons (Fsp3) is 0.667. The van der Waals surface area contributed by atoms with Gasteiger partial charge in [0.05, 0.1) is 32.3 Å². The molecule has 0 N–H and O–H groups in total. The smallest absolute Gasteiger partial charge is 0.411 e. The van der Waals surface area contributed by atoms with E-state index in [0.29, 0.717) is 0 Å². The van der Waals surface area contributed by atoms with E-state index in [9.17, 15) is 21.6 Å². The van der Waals surface area contributed by atoms with Gasteiger partial charge in [0.15, 0.2) is 0 Å². The molecule has 2 fully saturated rings. The van der Waals surface area contributed by atoms with E-state index < -0.39 is 43.9 Å². The van der Waals surface area contributed by atoms with Crippen molar-refractivity contribution in [1.82, 2.24) is 4.90 Å². The van der Waals surface area contributed by atoms with E-state index in [2.05, 4.69) is 0 Å². The van der Waals surface area contributed by atoms with E-state index >= 15 is 0 Å². The van der Waals surface area contributed by atoms with Gasteiger partial charge < -0.3 is 9.47 Å². The fourth-order valence-electron chi connectivity index (χ4n) is 4.57. The summed E-state index contributed by atoms with van der Waals surface area (Å²) in [6, 6.07) is 9.28. The number of nitrogens with zero attached hydrogens (tertiary/aromatic N) is 1. The second-order valence-corrected chi connectivity index (χ2v) is 12.0. The van der Waals surface area contributed by atoms with Crippen molar-refractivity contribution in [1.29, 1.82) is 0 Å². The monoisotopic (exact) mass is 505 g/mol. The van der Waals surface area contributed by atoms with E-state index in [0.717, 1.165) is 37.3 Å². The van der Waals surface area contributed by atoms with Crippen molar-refractivity contribution in [3.8, 4) is 0 Å². The van der Waals surface area contributed by atoms with Crippen LogP contribution < -0.4 is 0 Å². The molecule has 1 heterocycles. The number of benzene rings is 1. The van der Waals surface area contributed by atoms with Crippen LogP contribution in [0.2, 0.25) is 0 Å². The molecule has 0 bridgehead atoms. The van der Waals surface area contributed by atoms with Crippen molar-refractivity contribution < 1.29 is 39.5 Å². The summed E-state index contributed by atoms with van der Waals surface area (Å²) in [4.78, 5) is 14.7. The maximum absolute atomic E-state index is 13.2. The van der Waals surface area contributed by atoms with Gasteiger partial charge in [-0.2, -0.15) is 16.8 Å². The zero-order chi connectivity index (χ0) is 24.3. The van der Waals surface area contributed by atoms with Gasteiger partial charge in [-0.05, 0) is 24.3 Å². The molecule has 33 heavy (non-hydrogen) atoms. The Balaban J connectivity index is 2.05. The maximum Gasteiger partial charge on any atom is 0.411 e. The van der Waals surface area contributed by atoms with Crippen LogP contribution in [0, 0.1) is 11.8 Å². The molecule has 10 nitrogen and oxygen atoms in total. The molecule has 0 spiro atoms. The van der Waals surface area contributed by atoms with E-state index in [4.69, 9.17) is 17.8 Å². The molecule has 186 valence electrons. The molecule has 12 heteroatoms. The van der Waals surface area contributed by atoms with Gasteiger partial charge in [0.25, 0.3) is 20.2 Å². The van der Waals surface area contributed by atoms with E-state index in [1.165, 1.54) is 12.0 Å². The Labute approximate surface area is 195 Å². The first-order valence-corrected chi connectivity index (χ1v) is 14.3. The molecular formula is C21H31NO9S2. The number of carbonyl (C=O) groups excluding carboxylic acids is 1. The summed E-state index contributed by atoms with van der Waals surface area (Å²) in [6.07, 6.45) is 2.78. The van der Waals surface area contributed by atoms with Crippen LogP contribution in [0.25, 0.3) is 0 Å². The number of hydrogen-bond acceptors (Lipinski definition) is 9. The number of methoxy groups -OCH3 is 1. The number of cyclic esters (lactones) is 1. The van der Waals surface area contributed by atoms with Gasteiger partial charge in [-0.15, -0.1) is 0 Å². The Morgan fingerprint density at radius 3 is 2.21 bits per heavy atom. The lowest BCUT2D eigenvalue weighted by Gasteiger charge is -2.49. The molecule has 1 aliphatic carbocycles. The first kappa shape index (κ1) is 25.9. The molecule has 1 unspecified atom stereocenters. The molecule has 1 aromatic carbocycles. The second kappa shape index (κ2) is 10.3. The Morgan fingerprint density at radius 2 is 1.70 bits per heavy atom. The summed E-state index contributed by atoms with van der Waals surface area (Å²) >= 11 is 0. The van der Waals surface area contributed by atoms with Crippen molar-refractivity contribution >= 4 is 26.3 Å². The number of ether oxygens (including phenoxy) is 2. The minimum atomic E-state index is -3.83. The van der Waals surface area contributed by atoms with Crippen molar-refractivity contribution in [3.05, 3.63) is 35.9 Å². The van der Waals surface area contributed by atoms with E-state index in [1.807, 2.05) is 30.3 Å². The summed E-state index contributed by atoms with van der Waals surface area (Å²) in [5.74, 6) is -0.768. The zero-order valence-electron chi connectivity index (χ0n) is 19.0. The summed E-state index contributed by atoms with van der Waals surface area (Å²) in [6.45, 7) is -0.359. The standard InChI is InChI=1S/C21H31NO9S2/c1-28-13-17(14-29-32(2,24)25)19-21(18-10-7-11-18,15-30-33(3,26)27)22(20(23)31-19)12-16-8-5-4-6-9-16/h4-6,8-9,17-19H,7,10-15H2,1-3H3/t17?,19-,21-/m1/s1. The molecule has 0 radical (unpaired) electrons. The van der Waals surface area contributed by atoms with Gasteiger partial charge in [-0.3, -0.25) is 13.3 Å². The summed E-state index contributed by atoms with van der Waals surface area (Å²) in [5.41, 5.74) is -0.299. The average Bonchev–Trinajstić information content (AvgIpc) is 2.94. The zero-order valence-corrected chi connectivity index (χ0v) is 20.6. The third-order valence-corrected chi connectivity index (χ3v) is 7.36. The molecule has 1 saturated carbocycles. The molecule has 1 aliphatic heterocycles. The molecule has 1 amide bonds. The van der Waals surface area contributed by atoms with Crippen LogP contribution in [0.15, 0.2) is 30.3 Å². The van der Waals surface area contributed by atoms with Crippen LogP contribution in [0.4, 0.5) is 4.79 Å². The van der Waals surface area contributed by atoms with Gasteiger partial charge in [-0.25, -0.2) is 4.79 Å². The number of rotatable bonds is 12. The van der Waals surface area contributed by atoms with Crippen LogP contribution in [-0.2, 0) is 44.6 Å². The van der Waals surface area contributed by atoms with Crippen molar-refractivity contribution in [2.75, 3.05) is 39.4 Å². The Kier molecular flexibility index (Phi) is 8.05. The quantitative estimate of drug-likeness (QED) is 0.391. The summed E-state index contributed by atoms with van der Waals surface area (Å²) in [7, 11) is -6.15. The molecule has 1 saturated heterocycles. The van der Waals surface area contributed by atoms with Gasteiger partial charge in [0, 0.05) is 19.6 Å². The van der Waals surface area contributed by atoms with Crippen LogP contribution in [-0.4, -0.2) is 78.9 Å². The molecule has 0 aromatic heterocycles. The van der Waals surface area contributed by atoms with Crippen molar-refractivity contribution in [3.63, 3.8) is 0 Å². The predicted octanol–water partition coefficient (Wildman–Crippen LogP) is 1.76. The predicted molar refractivity (Wildman–Crippen MR) is 119 cm³/mol. The highest BCUT2D eigenvalue weighted by atomic mass is 32.2. The molecular weight excluding hydrogens is 474 g/mol. The SMILES string of the molecule is COCC(COS(C)(=O)=O)[C@H]1OC(=O)N(Cc2ccccc2)[C@]1(COS(C)(=O)=O)C1CCC1. The first-order chi connectivity index (χ1) is 15.5. The number of carbonyl (C=O) groups is 1.